The number of hydrogen-bond acceptors (Lipinski definition) is 4. The Bertz CT molecular complexity index is 629. The zero-order valence-electron chi connectivity index (χ0n) is 9.86. The van der Waals surface area contributed by atoms with Crippen LogP contribution in [0.25, 0.3) is 11.4 Å². The zero-order valence-corrected chi connectivity index (χ0v) is 10.6. The summed E-state index contributed by atoms with van der Waals surface area (Å²) < 4.78 is 18.6. The van der Waals surface area contributed by atoms with Crippen molar-refractivity contribution in [1.29, 1.82) is 0 Å². The lowest BCUT2D eigenvalue weighted by molar-refractivity contribution is 0.109. The fraction of sp³-hybridized carbons (Fsp3) is 0.231. The van der Waals surface area contributed by atoms with Crippen LogP contribution in [0, 0.1) is 5.82 Å². The summed E-state index contributed by atoms with van der Waals surface area (Å²) in [6.45, 7) is 0.969. The molecule has 2 heterocycles. The van der Waals surface area contributed by atoms with Gasteiger partial charge in [-0.05, 0) is 12.1 Å². The van der Waals surface area contributed by atoms with E-state index in [1.807, 2.05) is 0 Å². The van der Waals surface area contributed by atoms with Crippen molar-refractivity contribution in [3.8, 4) is 17.1 Å². The first kappa shape index (κ1) is 12.3. The second kappa shape index (κ2) is 4.75. The van der Waals surface area contributed by atoms with Gasteiger partial charge in [0.2, 0.25) is 0 Å². The highest BCUT2D eigenvalue weighted by Crippen LogP contribution is 2.28. The molecule has 98 valence electrons. The third kappa shape index (κ3) is 2.39. The molecule has 1 aromatic heterocycles. The Kier molecular flexibility index (Phi) is 3.08. The van der Waals surface area contributed by atoms with Crippen molar-refractivity contribution in [3.63, 3.8) is 0 Å². The number of ether oxygens (including phenoxy) is 1. The monoisotopic (exact) mass is 280 g/mol. The van der Waals surface area contributed by atoms with Crippen LogP contribution in [-0.2, 0) is 17.8 Å². The minimum absolute atomic E-state index is 0.171. The highest BCUT2D eigenvalue weighted by Gasteiger charge is 2.18. The van der Waals surface area contributed by atoms with E-state index in [-0.39, 0.29) is 5.75 Å². The Labute approximate surface area is 113 Å². The molecule has 1 aliphatic rings. The average molecular weight is 281 g/mol. The number of hydrogen-bond donors (Lipinski definition) is 1. The highest BCUT2D eigenvalue weighted by molar-refractivity contribution is 6.30. The van der Waals surface area contributed by atoms with Crippen LogP contribution in [0.3, 0.4) is 0 Å². The number of rotatable bonds is 1. The largest absolute Gasteiger partial charge is 0.508 e. The summed E-state index contributed by atoms with van der Waals surface area (Å²) in [5.41, 5.74) is 1.98. The second-order valence-electron chi connectivity index (χ2n) is 4.26. The summed E-state index contributed by atoms with van der Waals surface area (Å²) in [4.78, 5) is 8.51. The second-order valence-corrected chi connectivity index (χ2v) is 4.62. The maximum atomic E-state index is 13.3. The molecule has 0 unspecified atom stereocenters. The number of benzene rings is 1. The van der Waals surface area contributed by atoms with Crippen LogP contribution >= 0.6 is 11.6 Å². The molecule has 19 heavy (non-hydrogen) atoms. The quantitative estimate of drug-likeness (QED) is 0.816. The third-order valence-electron chi connectivity index (χ3n) is 2.91. The molecule has 6 heteroatoms. The number of aromatic nitrogens is 2. The van der Waals surface area contributed by atoms with Gasteiger partial charge in [-0.15, -0.1) is 0 Å². The maximum Gasteiger partial charge on any atom is 0.161 e. The van der Waals surface area contributed by atoms with E-state index in [0.717, 1.165) is 17.3 Å². The van der Waals surface area contributed by atoms with Crippen LogP contribution in [0.1, 0.15) is 11.3 Å². The van der Waals surface area contributed by atoms with Crippen molar-refractivity contribution in [1.82, 2.24) is 9.97 Å². The van der Waals surface area contributed by atoms with E-state index >= 15 is 0 Å². The Morgan fingerprint density at radius 3 is 2.89 bits per heavy atom. The molecule has 0 spiro atoms. The lowest BCUT2D eigenvalue weighted by Gasteiger charge is -2.17. The number of nitrogens with zero attached hydrogens (tertiary/aromatic N) is 2. The van der Waals surface area contributed by atoms with Crippen LogP contribution < -0.4 is 0 Å². The van der Waals surface area contributed by atoms with Crippen LogP contribution in [-0.4, -0.2) is 21.7 Å². The Balaban J connectivity index is 2.12. The molecule has 1 N–H and O–H groups in total. The Morgan fingerprint density at radius 1 is 1.26 bits per heavy atom. The SMILES string of the molecule is Oc1cc(F)cc(-c2nc(Cl)c3c(n2)CCOC3)c1. The molecule has 2 aromatic rings. The molecule has 0 aliphatic carbocycles. The highest BCUT2D eigenvalue weighted by atomic mass is 35.5. The van der Waals surface area contributed by atoms with Crippen LogP contribution in [0.5, 0.6) is 5.75 Å². The summed E-state index contributed by atoms with van der Waals surface area (Å²) in [7, 11) is 0. The number of phenolic OH excluding ortho intramolecular Hbond substituents is 1. The summed E-state index contributed by atoms with van der Waals surface area (Å²) in [5.74, 6) is -0.410. The maximum absolute atomic E-state index is 13.3. The molecule has 0 saturated carbocycles. The van der Waals surface area contributed by atoms with E-state index in [0.29, 0.717) is 36.2 Å². The molecule has 3 rings (SSSR count). The van der Waals surface area contributed by atoms with E-state index in [9.17, 15) is 9.50 Å². The molecular formula is C13H10ClFN2O2. The molecule has 1 aliphatic heterocycles. The molecule has 0 amide bonds. The first-order valence-electron chi connectivity index (χ1n) is 5.76. The van der Waals surface area contributed by atoms with Gasteiger partial charge in [-0.2, -0.15) is 0 Å². The Hall–Kier alpha value is -1.72. The van der Waals surface area contributed by atoms with Gasteiger partial charge in [0.25, 0.3) is 0 Å². The first-order valence-corrected chi connectivity index (χ1v) is 6.14. The lowest BCUT2D eigenvalue weighted by Crippen LogP contribution is -2.14. The predicted octanol–water partition coefficient (Wildman–Crippen LogP) is 2.71. The molecule has 0 radical (unpaired) electrons. The van der Waals surface area contributed by atoms with Gasteiger partial charge in [-0.1, -0.05) is 11.6 Å². The van der Waals surface area contributed by atoms with Crippen molar-refractivity contribution in [3.05, 3.63) is 40.4 Å². The fourth-order valence-corrected chi connectivity index (χ4v) is 2.27. The van der Waals surface area contributed by atoms with Gasteiger partial charge < -0.3 is 9.84 Å². The van der Waals surface area contributed by atoms with Crippen LogP contribution in [0.15, 0.2) is 18.2 Å². The van der Waals surface area contributed by atoms with E-state index in [1.54, 1.807) is 0 Å². The van der Waals surface area contributed by atoms with E-state index in [1.165, 1.54) is 12.1 Å². The molecule has 1 aromatic carbocycles. The minimum atomic E-state index is -0.546. The first-order chi connectivity index (χ1) is 9.13. The third-order valence-corrected chi connectivity index (χ3v) is 3.23. The minimum Gasteiger partial charge on any atom is -0.508 e. The normalized spacial score (nSPS) is 14.2. The van der Waals surface area contributed by atoms with E-state index in [4.69, 9.17) is 16.3 Å². The van der Waals surface area contributed by atoms with Crippen LogP contribution in [0.4, 0.5) is 4.39 Å². The summed E-state index contributed by atoms with van der Waals surface area (Å²) in [6.07, 6.45) is 0.645. The molecule has 4 nitrogen and oxygen atoms in total. The van der Waals surface area contributed by atoms with Crippen molar-refractivity contribution in [2.24, 2.45) is 0 Å². The zero-order chi connectivity index (χ0) is 13.4. The number of fused-ring (bicyclic) bond motifs is 1. The number of halogens is 2. The van der Waals surface area contributed by atoms with Gasteiger partial charge in [0.05, 0.1) is 18.9 Å². The lowest BCUT2D eigenvalue weighted by atomic mass is 10.1. The van der Waals surface area contributed by atoms with E-state index in [2.05, 4.69) is 9.97 Å². The molecule has 0 fully saturated rings. The van der Waals surface area contributed by atoms with Crippen LogP contribution in [0.2, 0.25) is 5.15 Å². The van der Waals surface area contributed by atoms with Gasteiger partial charge in [-0.3, -0.25) is 0 Å². The summed E-state index contributed by atoms with van der Waals surface area (Å²) >= 11 is 6.09. The fourth-order valence-electron chi connectivity index (χ4n) is 2.02. The topological polar surface area (TPSA) is 55.2 Å². The van der Waals surface area contributed by atoms with Crippen molar-refractivity contribution in [2.45, 2.75) is 13.0 Å². The molecular weight excluding hydrogens is 271 g/mol. The van der Waals surface area contributed by atoms with Crippen molar-refractivity contribution >= 4 is 11.6 Å². The van der Waals surface area contributed by atoms with Gasteiger partial charge in [0.15, 0.2) is 5.82 Å². The number of aromatic hydroxyl groups is 1. The average Bonchev–Trinajstić information content (AvgIpc) is 2.37. The van der Waals surface area contributed by atoms with Crippen molar-refractivity contribution < 1.29 is 14.2 Å². The molecule has 0 atom stereocenters. The van der Waals surface area contributed by atoms with E-state index < -0.39 is 5.82 Å². The standard InChI is InChI=1S/C13H10ClFN2O2/c14-12-10-6-19-2-1-11(10)16-13(17-12)7-3-8(15)5-9(18)4-7/h3-5,18H,1-2,6H2. The van der Waals surface area contributed by atoms with Gasteiger partial charge in [0, 0.05) is 23.6 Å². The van der Waals surface area contributed by atoms with Crippen molar-refractivity contribution in [2.75, 3.05) is 6.61 Å². The predicted molar refractivity (Wildman–Crippen MR) is 67.5 cm³/mol. The Morgan fingerprint density at radius 2 is 2.11 bits per heavy atom. The summed E-state index contributed by atoms with van der Waals surface area (Å²) in [6, 6.07) is 3.69. The summed E-state index contributed by atoms with van der Waals surface area (Å²) in [5, 5.41) is 9.72. The van der Waals surface area contributed by atoms with Gasteiger partial charge in [0.1, 0.15) is 16.7 Å². The van der Waals surface area contributed by atoms with Gasteiger partial charge in [-0.25, -0.2) is 14.4 Å². The molecule has 0 saturated heterocycles. The smallest absolute Gasteiger partial charge is 0.161 e. The number of phenols is 1. The molecule has 0 bridgehead atoms. The van der Waals surface area contributed by atoms with Gasteiger partial charge >= 0.3 is 0 Å².